The molecule has 4 rings (SSSR count). The Hall–Kier alpha value is -4.26. The molecule has 7 heteroatoms. The molecule has 2 N–H and O–H groups in total. The van der Waals surface area contributed by atoms with Gasteiger partial charge in [-0.05, 0) is 69.2 Å². The molecule has 0 unspecified atom stereocenters. The van der Waals surface area contributed by atoms with Gasteiger partial charge < -0.3 is 10.6 Å². The first-order chi connectivity index (χ1) is 16.7. The predicted molar refractivity (Wildman–Crippen MR) is 140 cm³/mol. The van der Waals surface area contributed by atoms with Crippen molar-refractivity contribution >= 4 is 34.2 Å². The fraction of sp³-hybridized carbons (Fsp3) is 0.214. The van der Waals surface area contributed by atoms with Gasteiger partial charge in [-0.15, -0.1) is 0 Å². The number of nitrogens with one attached hydrogen (secondary N) is 2. The average molecular weight is 469 g/mol. The smallest absolute Gasteiger partial charge is 0.278 e. The Bertz CT molecular complexity index is 1520. The van der Waals surface area contributed by atoms with Crippen molar-refractivity contribution < 1.29 is 9.59 Å². The zero-order valence-corrected chi connectivity index (χ0v) is 20.5. The van der Waals surface area contributed by atoms with Crippen molar-refractivity contribution in [1.29, 1.82) is 0 Å². The van der Waals surface area contributed by atoms with Crippen LogP contribution in [0.15, 0.2) is 65.5 Å². The molecule has 0 aliphatic carbocycles. The Labute approximate surface area is 203 Å². The molecular weight excluding hydrogens is 440 g/mol. The van der Waals surface area contributed by atoms with Crippen LogP contribution in [-0.2, 0) is 9.59 Å². The molecule has 0 radical (unpaired) electrons. The lowest BCUT2D eigenvalue weighted by Gasteiger charge is -2.20. The first-order valence-corrected chi connectivity index (χ1v) is 11.4. The number of carbonyl (C=O) groups excluding carboxylic acids is 2. The average Bonchev–Trinajstić information content (AvgIpc) is 2.82. The standard InChI is InChI=1S/C28H28N4O3/c1-16-13-14-23(29-20(5)33)21(15-16)26-28(35)32(25-12-7-6-10-24(25)30-26)19(4)27(34)31-22-11-8-9-17(2)18(22)3/h6-15,19H,1-5H3,(H,29,33)(H,31,34)/t19-/m1/s1. The fourth-order valence-electron chi connectivity index (χ4n) is 4.11. The zero-order valence-electron chi connectivity index (χ0n) is 20.5. The van der Waals surface area contributed by atoms with Crippen molar-refractivity contribution in [2.75, 3.05) is 10.6 Å². The van der Waals surface area contributed by atoms with E-state index in [0.717, 1.165) is 16.7 Å². The van der Waals surface area contributed by atoms with Crippen LogP contribution in [0.3, 0.4) is 0 Å². The van der Waals surface area contributed by atoms with Gasteiger partial charge in [-0.1, -0.05) is 35.9 Å². The number of carbonyl (C=O) groups is 2. The van der Waals surface area contributed by atoms with Crippen molar-refractivity contribution in [3.63, 3.8) is 0 Å². The summed E-state index contributed by atoms with van der Waals surface area (Å²) in [5.41, 5.74) is 5.54. The van der Waals surface area contributed by atoms with Gasteiger partial charge in [0, 0.05) is 18.2 Å². The topological polar surface area (TPSA) is 93.1 Å². The summed E-state index contributed by atoms with van der Waals surface area (Å²) < 4.78 is 1.47. The summed E-state index contributed by atoms with van der Waals surface area (Å²) >= 11 is 0. The minimum atomic E-state index is -0.817. The number of fused-ring (bicyclic) bond motifs is 1. The summed E-state index contributed by atoms with van der Waals surface area (Å²) in [5.74, 6) is -0.563. The molecule has 0 fully saturated rings. The molecule has 0 aliphatic heterocycles. The highest BCUT2D eigenvalue weighted by atomic mass is 16.2. The maximum absolute atomic E-state index is 13.9. The lowest BCUT2D eigenvalue weighted by Crippen LogP contribution is -2.33. The highest BCUT2D eigenvalue weighted by molar-refractivity contribution is 5.96. The summed E-state index contributed by atoms with van der Waals surface area (Å²) in [6.45, 7) is 8.94. The summed E-state index contributed by atoms with van der Waals surface area (Å²) in [5, 5.41) is 5.75. The van der Waals surface area contributed by atoms with Crippen LogP contribution in [0.5, 0.6) is 0 Å². The predicted octanol–water partition coefficient (Wildman–Crippen LogP) is 5.15. The van der Waals surface area contributed by atoms with Crippen LogP contribution in [0.4, 0.5) is 11.4 Å². The van der Waals surface area contributed by atoms with Crippen LogP contribution in [0, 0.1) is 20.8 Å². The molecule has 1 atom stereocenters. The summed E-state index contributed by atoms with van der Waals surface area (Å²) in [6, 6.07) is 17.5. The van der Waals surface area contributed by atoms with E-state index in [2.05, 4.69) is 15.6 Å². The second-order valence-corrected chi connectivity index (χ2v) is 8.77. The number of hydrogen-bond acceptors (Lipinski definition) is 4. The second kappa shape index (κ2) is 9.54. The van der Waals surface area contributed by atoms with Gasteiger partial charge in [0.15, 0.2) is 0 Å². The largest absolute Gasteiger partial charge is 0.326 e. The molecular formula is C28H28N4O3. The molecule has 0 saturated heterocycles. The van der Waals surface area contributed by atoms with Gasteiger partial charge in [-0.2, -0.15) is 0 Å². The first kappa shape index (κ1) is 23.9. The fourth-order valence-corrected chi connectivity index (χ4v) is 4.11. The van der Waals surface area contributed by atoms with Gasteiger partial charge in [0.1, 0.15) is 11.7 Å². The maximum Gasteiger partial charge on any atom is 0.278 e. The molecule has 4 aromatic rings. The molecule has 178 valence electrons. The molecule has 1 heterocycles. The number of rotatable bonds is 5. The van der Waals surface area contributed by atoms with E-state index in [4.69, 9.17) is 0 Å². The van der Waals surface area contributed by atoms with E-state index < -0.39 is 11.6 Å². The van der Waals surface area contributed by atoms with Crippen molar-refractivity contribution in [3.05, 3.63) is 87.7 Å². The zero-order chi connectivity index (χ0) is 25.3. The van der Waals surface area contributed by atoms with E-state index in [1.807, 2.05) is 63.2 Å². The minimum Gasteiger partial charge on any atom is -0.326 e. The highest BCUT2D eigenvalue weighted by Crippen LogP contribution is 2.28. The lowest BCUT2D eigenvalue weighted by atomic mass is 10.1. The third kappa shape index (κ3) is 4.71. The van der Waals surface area contributed by atoms with Crippen LogP contribution in [0.25, 0.3) is 22.3 Å². The lowest BCUT2D eigenvalue weighted by molar-refractivity contribution is -0.118. The van der Waals surface area contributed by atoms with Gasteiger partial charge >= 0.3 is 0 Å². The Morgan fingerprint density at radius 1 is 0.914 bits per heavy atom. The quantitative estimate of drug-likeness (QED) is 0.424. The Balaban J connectivity index is 1.88. The first-order valence-electron chi connectivity index (χ1n) is 11.4. The van der Waals surface area contributed by atoms with Gasteiger partial charge in [-0.3, -0.25) is 19.0 Å². The number of hydrogen-bond donors (Lipinski definition) is 2. The monoisotopic (exact) mass is 468 g/mol. The molecule has 3 aromatic carbocycles. The van der Waals surface area contributed by atoms with Gasteiger partial charge in [0.25, 0.3) is 5.56 Å². The molecule has 0 spiro atoms. The van der Waals surface area contributed by atoms with E-state index in [1.54, 1.807) is 25.1 Å². The maximum atomic E-state index is 13.9. The Morgan fingerprint density at radius 2 is 1.66 bits per heavy atom. The third-order valence-corrected chi connectivity index (χ3v) is 6.17. The van der Waals surface area contributed by atoms with Gasteiger partial charge in [0.05, 0.1) is 16.7 Å². The number of benzene rings is 3. The highest BCUT2D eigenvalue weighted by Gasteiger charge is 2.23. The van der Waals surface area contributed by atoms with E-state index in [1.165, 1.54) is 11.5 Å². The summed E-state index contributed by atoms with van der Waals surface area (Å²) in [6.07, 6.45) is 0. The Kier molecular flexibility index (Phi) is 6.51. The summed E-state index contributed by atoms with van der Waals surface area (Å²) in [4.78, 5) is 43.6. The third-order valence-electron chi connectivity index (χ3n) is 6.17. The molecule has 0 saturated carbocycles. The van der Waals surface area contributed by atoms with E-state index in [0.29, 0.717) is 28.0 Å². The van der Waals surface area contributed by atoms with Crippen LogP contribution >= 0.6 is 0 Å². The van der Waals surface area contributed by atoms with Crippen molar-refractivity contribution in [2.24, 2.45) is 0 Å². The van der Waals surface area contributed by atoms with Crippen molar-refractivity contribution in [3.8, 4) is 11.3 Å². The molecule has 0 bridgehead atoms. The molecule has 1 aromatic heterocycles. The van der Waals surface area contributed by atoms with E-state index in [9.17, 15) is 14.4 Å². The number of aromatic nitrogens is 2. The van der Waals surface area contributed by atoms with Gasteiger partial charge in [-0.25, -0.2) is 4.98 Å². The van der Waals surface area contributed by atoms with Crippen molar-refractivity contribution in [1.82, 2.24) is 9.55 Å². The minimum absolute atomic E-state index is 0.169. The number of amides is 2. The number of para-hydroxylation sites is 2. The summed E-state index contributed by atoms with van der Waals surface area (Å²) in [7, 11) is 0. The molecule has 35 heavy (non-hydrogen) atoms. The van der Waals surface area contributed by atoms with Gasteiger partial charge in [0.2, 0.25) is 11.8 Å². The molecule has 2 amide bonds. The Morgan fingerprint density at radius 3 is 2.40 bits per heavy atom. The number of aryl methyl sites for hydroxylation is 2. The van der Waals surface area contributed by atoms with Crippen LogP contribution in [0.1, 0.15) is 36.6 Å². The second-order valence-electron chi connectivity index (χ2n) is 8.77. The van der Waals surface area contributed by atoms with E-state index >= 15 is 0 Å². The number of anilines is 2. The normalized spacial score (nSPS) is 11.8. The van der Waals surface area contributed by atoms with Crippen LogP contribution < -0.4 is 16.2 Å². The molecule has 7 nitrogen and oxygen atoms in total. The molecule has 0 aliphatic rings. The van der Waals surface area contributed by atoms with Crippen molar-refractivity contribution in [2.45, 2.75) is 40.7 Å². The van der Waals surface area contributed by atoms with Crippen LogP contribution in [-0.4, -0.2) is 21.4 Å². The van der Waals surface area contributed by atoms with Crippen LogP contribution in [0.2, 0.25) is 0 Å². The SMILES string of the molecule is CC(=O)Nc1ccc(C)cc1-c1nc2ccccc2n([C@H](C)C(=O)Nc2cccc(C)c2C)c1=O. The number of nitrogens with zero attached hydrogens (tertiary/aromatic N) is 2. The van der Waals surface area contributed by atoms with E-state index in [-0.39, 0.29) is 17.5 Å².